The maximum atomic E-state index is 12.2. The molecule has 1 saturated carbocycles. The summed E-state index contributed by atoms with van der Waals surface area (Å²) in [5.74, 6) is 0.842. The minimum absolute atomic E-state index is 0.239. The van der Waals surface area contributed by atoms with Crippen molar-refractivity contribution < 1.29 is 4.79 Å². The summed E-state index contributed by atoms with van der Waals surface area (Å²) in [7, 11) is 0. The Morgan fingerprint density at radius 1 is 1.41 bits per heavy atom. The van der Waals surface area contributed by atoms with Crippen molar-refractivity contribution in [2.45, 2.75) is 25.7 Å². The highest BCUT2D eigenvalue weighted by molar-refractivity contribution is 6.35. The molecular weight excluding hydrogens is 234 g/mol. The van der Waals surface area contributed by atoms with Crippen molar-refractivity contribution in [2.24, 2.45) is 5.92 Å². The van der Waals surface area contributed by atoms with Gasteiger partial charge in [0, 0.05) is 23.6 Å². The molecule has 0 bridgehead atoms. The first-order valence-electron chi connectivity index (χ1n) is 6.04. The van der Waals surface area contributed by atoms with Crippen LogP contribution >= 0.6 is 11.6 Å². The van der Waals surface area contributed by atoms with Crippen LogP contribution < -0.4 is 0 Å². The summed E-state index contributed by atoms with van der Waals surface area (Å²) < 4.78 is 0. The second kappa shape index (κ2) is 4.19. The van der Waals surface area contributed by atoms with Crippen molar-refractivity contribution in [1.29, 1.82) is 0 Å². The van der Waals surface area contributed by atoms with Crippen LogP contribution in [0.25, 0.3) is 10.9 Å². The first-order chi connectivity index (χ1) is 8.25. The highest BCUT2D eigenvalue weighted by Gasteiger charge is 2.22. The number of benzene rings is 1. The number of para-hydroxylation sites is 1. The predicted octanol–water partition coefficient (Wildman–Crippen LogP) is 4.19. The van der Waals surface area contributed by atoms with Gasteiger partial charge in [-0.05, 0) is 12.0 Å². The smallest absolute Gasteiger partial charge is 0.165 e. The molecule has 0 aliphatic heterocycles. The van der Waals surface area contributed by atoms with Crippen LogP contribution in [0.4, 0.5) is 0 Å². The van der Waals surface area contributed by atoms with Gasteiger partial charge in [-0.2, -0.15) is 0 Å². The van der Waals surface area contributed by atoms with Crippen LogP contribution in [-0.4, -0.2) is 10.8 Å². The van der Waals surface area contributed by atoms with Gasteiger partial charge in [0.15, 0.2) is 5.78 Å². The number of carbonyl (C=O) groups is 1. The largest absolute Gasteiger partial charge is 0.359 e. The lowest BCUT2D eigenvalue weighted by Crippen LogP contribution is -2.15. The molecule has 0 amide bonds. The number of aromatic amines is 1. The first-order valence-corrected chi connectivity index (χ1v) is 6.42. The number of nitrogens with one attached hydrogen (secondary N) is 1. The van der Waals surface area contributed by atoms with E-state index in [1.165, 1.54) is 19.3 Å². The molecule has 88 valence electrons. The van der Waals surface area contributed by atoms with E-state index in [4.69, 9.17) is 11.6 Å². The van der Waals surface area contributed by atoms with E-state index in [2.05, 4.69) is 4.98 Å². The Bertz CT molecular complexity index is 569. The first kappa shape index (κ1) is 10.8. The van der Waals surface area contributed by atoms with Crippen molar-refractivity contribution >= 4 is 28.3 Å². The van der Waals surface area contributed by atoms with Gasteiger partial charge in [0.05, 0.1) is 10.5 Å². The van der Waals surface area contributed by atoms with E-state index in [1.807, 2.05) is 18.2 Å². The lowest BCUT2D eigenvalue weighted by Gasteiger charge is -2.24. The minimum atomic E-state index is 0.239. The van der Waals surface area contributed by atoms with Gasteiger partial charge in [0.2, 0.25) is 0 Å². The zero-order chi connectivity index (χ0) is 11.8. The second-order valence-corrected chi connectivity index (χ2v) is 5.20. The lowest BCUT2D eigenvalue weighted by atomic mass is 9.81. The van der Waals surface area contributed by atoms with Gasteiger partial charge in [-0.25, -0.2) is 0 Å². The number of halogens is 1. The Morgan fingerprint density at radius 3 is 2.94 bits per heavy atom. The van der Waals surface area contributed by atoms with Crippen LogP contribution in [0, 0.1) is 5.92 Å². The van der Waals surface area contributed by atoms with E-state index in [0.717, 1.165) is 16.5 Å². The maximum absolute atomic E-state index is 12.2. The van der Waals surface area contributed by atoms with Gasteiger partial charge in [0.1, 0.15) is 0 Å². The summed E-state index contributed by atoms with van der Waals surface area (Å²) >= 11 is 6.08. The van der Waals surface area contributed by atoms with Crippen molar-refractivity contribution in [3.63, 3.8) is 0 Å². The van der Waals surface area contributed by atoms with E-state index in [-0.39, 0.29) is 5.78 Å². The van der Waals surface area contributed by atoms with Gasteiger partial charge in [0.25, 0.3) is 0 Å². The zero-order valence-corrected chi connectivity index (χ0v) is 10.3. The molecule has 3 rings (SSSR count). The predicted molar refractivity (Wildman–Crippen MR) is 69.6 cm³/mol. The van der Waals surface area contributed by atoms with Crippen LogP contribution in [0.5, 0.6) is 0 Å². The van der Waals surface area contributed by atoms with E-state index in [9.17, 15) is 4.79 Å². The number of fused-ring (bicyclic) bond motifs is 1. The number of aromatic nitrogens is 1. The van der Waals surface area contributed by atoms with E-state index in [1.54, 1.807) is 6.20 Å². The molecule has 1 fully saturated rings. The van der Waals surface area contributed by atoms with E-state index < -0.39 is 0 Å². The molecule has 0 atom stereocenters. The topological polar surface area (TPSA) is 32.9 Å². The van der Waals surface area contributed by atoms with Gasteiger partial charge >= 0.3 is 0 Å². The average molecular weight is 248 g/mol. The molecule has 0 saturated heterocycles. The monoisotopic (exact) mass is 247 g/mol. The van der Waals surface area contributed by atoms with Crippen molar-refractivity contribution in [3.8, 4) is 0 Å². The Labute approximate surface area is 105 Å². The summed E-state index contributed by atoms with van der Waals surface area (Å²) in [6, 6.07) is 5.67. The molecule has 17 heavy (non-hydrogen) atoms. The normalized spacial score (nSPS) is 16.1. The fraction of sp³-hybridized carbons (Fsp3) is 0.357. The summed E-state index contributed by atoms with van der Waals surface area (Å²) in [6.07, 6.45) is 6.15. The van der Waals surface area contributed by atoms with Gasteiger partial charge in [-0.3, -0.25) is 4.79 Å². The van der Waals surface area contributed by atoms with E-state index in [0.29, 0.717) is 17.4 Å². The fourth-order valence-electron chi connectivity index (χ4n) is 2.42. The van der Waals surface area contributed by atoms with Crippen molar-refractivity contribution in [3.05, 3.63) is 35.0 Å². The van der Waals surface area contributed by atoms with Crippen LogP contribution in [0.3, 0.4) is 0 Å². The molecule has 0 radical (unpaired) electrons. The number of rotatable bonds is 3. The molecule has 1 aromatic carbocycles. The molecule has 1 aliphatic carbocycles. The zero-order valence-electron chi connectivity index (χ0n) is 9.50. The summed E-state index contributed by atoms with van der Waals surface area (Å²) in [5, 5.41) is 1.62. The highest BCUT2D eigenvalue weighted by Crippen LogP contribution is 2.32. The highest BCUT2D eigenvalue weighted by atomic mass is 35.5. The number of hydrogen-bond donors (Lipinski definition) is 1. The molecule has 1 heterocycles. The quantitative estimate of drug-likeness (QED) is 0.811. The molecule has 2 aromatic rings. The van der Waals surface area contributed by atoms with Crippen LogP contribution in [-0.2, 0) is 0 Å². The summed E-state index contributed by atoms with van der Waals surface area (Å²) in [4.78, 5) is 15.3. The number of hydrogen-bond acceptors (Lipinski definition) is 1. The standard InChI is InChI=1S/C14H14ClNO/c15-12-6-2-5-10-11(8-16-14(10)12)13(17)7-9-3-1-4-9/h2,5-6,8-9,16H,1,3-4,7H2. The number of carbonyl (C=O) groups excluding carboxylic acids is 1. The molecular formula is C14H14ClNO. The summed E-state index contributed by atoms with van der Waals surface area (Å²) in [5.41, 5.74) is 1.65. The molecule has 0 unspecified atom stereocenters. The van der Waals surface area contributed by atoms with Gasteiger partial charge < -0.3 is 4.98 Å². The Morgan fingerprint density at radius 2 is 2.24 bits per heavy atom. The molecule has 1 aromatic heterocycles. The third kappa shape index (κ3) is 1.87. The summed E-state index contributed by atoms with van der Waals surface area (Å²) in [6.45, 7) is 0. The molecule has 1 aliphatic rings. The molecule has 3 heteroatoms. The van der Waals surface area contributed by atoms with Crippen LogP contribution in [0.15, 0.2) is 24.4 Å². The average Bonchev–Trinajstić information content (AvgIpc) is 2.68. The van der Waals surface area contributed by atoms with E-state index >= 15 is 0 Å². The Kier molecular flexibility index (Phi) is 2.67. The number of Topliss-reactive ketones (excluding diaryl/α,β-unsaturated/α-hetero) is 1. The Balaban J connectivity index is 1.94. The van der Waals surface area contributed by atoms with Crippen molar-refractivity contribution in [1.82, 2.24) is 4.98 Å². The number of ketones is 1. The van der Waals surface area contributed by atoms with Crippen LogP contribution in [0.2, 0.25) is 5.02 Å². The third-order valence-corrected chi connectivity index (χ3v) is 3.98. The van der Waals surface area contributed by atoms with Gasteiger partial charge in [-0.1, -0.05) is 43.0 Å². The number of H-pyrrole nitrogens is 1. The maximum Gasteiger partial charge on any atom is 0.165 e. The van der Waals surface area contributed by atoms with Crippen molar-refractivity contribution in [2.75, 3.05) is 0 Å². The molecule has 1 N–H and O–H groups in total. The SMILES string of the molecule is O=C(CC1CCC1)c1c[nH]c2c(Cl)cccc12. The third-order valence-electron chi connectivity index (χ3n) is 3.66. The van der Waals surface area contributed by atoms with Crippen LogP contribution in [0.1, 0.15) is 36.0 Å². The Hall–Kier alpha value is -1.28. The molecule has 2 nitrogen and oxygen atoms in total. The lowest BCUT2D eigenvalue weighted by molar-refractivity contribution is 0.0938. The minimum Gasteiger partial charge on any atom is -0.359 e. The fourth-order valence-corrected chi connectivity index (χ4v) is 2.65. The molecule has 0 spiro atoms. The van der Waals surface area contributed by atoms with Gasteiger partial charge in [-0.15, -0.1) is 0 Å². The second-order valence-electron chi connectivity index (χ2n) is 4.79.